The molecule has 27 heavy (non-hydrogen) atoms. The number of aliphatic imine (C=N–C) groups is 1. The number of nitrogens with zero attached hydrogens (tertiary/aromatic N) is 2. The number of guanidine groups is 1. The van der Waals surface area contributed by atoms with E-state index in [1.807, 2.05) is 43.3 Å². The molecule has 0 radical (unpaired) electrons. The molecule has 3 unspecified atom stereocenters. The highest BCUT2D eigenvalue weighted by atomic mass is 127. The maximum Gasteiger partial charge on any atom is 0.238 e. The molecule has 0 aliphatic carbocycles. The minimum Gasteiger partial charge on any atom is -0.373 e. The van der Waals surface area contributed by atoms with E-state index in [9.17, 15) is 4.79 Å². The Morgan fingerprint density at radius 2 is 2.15 bits per heavy atom. The first kappa shape index (κ1) is 21.9. The molecule has 3 rings (SSSR count). The molecule has 2 fully saturated rings. The highest BCUT2D eigenvalue weighted by Gasteiger charge is 2.41. The van der Waals surface area contributed by atoms with Crippen LogP contribution in [0.4, 0.5) is 5.69 Å². The summed E-state index contributed by atoms with van der Waals surface area (Å²) in [5.41, 5.74) is 1.89. The molecule has 2 aliphatic rings. The number of carbonyl (C=O) groups is 1. The van der Waals surface area contributed by atoms with Crippen molar-refractivity contribution in [2.75, 3.05) is 33.0 Å². The fourth-order valence-corrected chi connectivity index (χ4v) is 3.59. The Hall–Kier alpha value is -1.39. The first-order chi connectivity index (χ1) is 12.5. The van der Waals surface area contributed by atoms with Crippen molar-refractivity contribution in [1.82, 2.24) is 15.5 Å². The Bertz CT molecular complexity index is 667. The molecule has 2 heterocycles. The van der Waals surface area contributed by atoms with Crippen molar-refractivity contribution in [3.05, 3.63) is 29.8 Å². The summed E-state index contributed by atoms with van der Waals surface area (Å²) in [5.74, 6) is 0.766. The fourth-order valence-electron chi connectivity index (χ4n) is 3.59. The van der Waals surface area contributed by atoms with Gasteiger partial charge in [-0.25, -0.2) is 0 Å². The minimum atomic E-state index is -0.0196. The minimum absolute atomic E-state index is 0. The summed E-state index contributed by atoms with van der Waals surface area (Å²) in [6, 6.07) is 8.20. The van der Waals surface area contributed by atoms with Crippen LogP contribution in [-0.2, 0) is 16.1 Å². The van der Waals surface area contributed by atoms with Gasteiger partial charge in [0.1, 0.15) is 0 Å². The van der Waals surface area contributed by atoms with E-state index < -0.39 is 0 Å². The Morgan fingerprint density at radius 1 is 1.33 bits per heavy atom. The summed E-state index contributed by atoms with van der Waals surface area (Å²) < 4.78 is 5.88. The van der Waals surface area contributed by atoms with Gasteiger partial charge in [0.25, 0.3) is 0 Å². The molecule has 2 bridgehead atoms. The molecule has 1 aromatic rings. The molecule has 0 aromatic heterocycles. The van der Waals surface area contributed by atoms with E-state index in [0.29, 0.717) is 31.3 Å². The number of nitrogens with one attached hydrogen (secondary N) is 3. The van der Waals surface area contributed by atoms with Gasteiger partial charge >= 0.3 is 0 Å². The topological polar surface area (TPSA) is 78.0 Å². The number of anilines is 1. The predicted molar refractivity (Wildman–Crippen MR) is 119 cm³/mol. The molecule has 3 atom stereocenters. The van der Waals surface area contributed by atoms with Crippen molar-refractivity contribution in [3.63, 3.8) is 0 Å². The number of hydrogen-bond acceptors (Lipinski definition) is 4. The third-order valence-electron chi connectivity index (χ3n) is 4.78. The van der Waals surface area contributed by atoms with Crippen molar-refractivity contribution in [2.24, 2.45) is 4.99 Å². The van der Waals surface area contributed by atoms with Gasteiger partial charge in [0.05, 0.1) is 24.8 Å². The maximum absolute atomic E-state index is 11.9. The summed E-state index contributed by atoms with van der Waals surface area (Å²) >= 11 is 0. The number of fused-ring (bicyclic) bond motifs is 2. The Labute approximate surface area is 178 Å². The van der Waals surface area contributed by atoms with E-state index in [4.69, 9.17) is 4.74 Å². The zero-order valence-electron chi connectivity index (χ0n) is 16.2. The van der Waals surface area contributed by atoms with Gasteiger partial charge in [0, 0.05) is 19.3 Å². The fraction of sp³-hybridized carbons (Fsp3) is 0.579. The van der Waals surface area contributed by atoms with Crippen molar-refractivity contribution in [3.8, 4) is 0 Å². The van der Waals surface area contributed by atoms with Crippen LogP contribution in [0.3, 0.4) is 0 Å². The second-order valence-electron chi connectivity index (χ2n) is 7.27. The van der Waals surface area contributed by atoms with Crippen LogP contribution in [0.15, 0.2) is 29.3 Å². The Kier molecular flexibility index (Phi) is 8.30. The monoisotopic (exact) mass is 487 g/mol. The molecule has 0 spiro atoms. The van der Waals surface area contributed by atoms with Gasteiger partial charge < -0.3 is 25.6 Å². The summed E-state index contributed by atoms with van der Waals surface area (Å²) in [7, 11) is 5.53. The number of ether oxygens (including phenoxy) is 1. The third kappa shape index (κ3) is 6.32. The third-order valence-corrected chi connectivity index (χ3v) is 4.78. The Balaban J connectivity index is 0.00000261. The summed E-state index contributed by atoms with van der Waals surface area (Å²) in [4.78, 5) is 18.1. The van der Waals surface area contributed by atoms with Gasteiger partial charge in [-0.15, -0.1) is 24.0 Å². The smallest absolute Gasteiger partial charge is 0.238 e. The average molecular weight is 487 g/mol. The molecule has 8 heteroatoms. The lowest BCUT2D eigenvalue weighted by atomic mass is 9.96. The largest absolute Gasteiger partial charge is 0.373 e. The number of halogens is 1. The first-order valence-corrected chi connectivity index (χ1v) is 9.19. The lowest BCUT2D eigenvalue weighted by molar-refractivity contribution is -0.116. The van der Waals surface area contributed by atoms with Crippen molar-refractivity contribution in [1.29, 1.82) is 0 Å². The number of amides is 1. The van der Waals surface area contributed by atoms with E-state index >= 15 is 0 Å². The predicted octanol–water partition coefficient (Wildman–Crippen LogP) is 1.79. The molecule has 150 valence electrons. The zero-order chi connectivity index (χ0) is 18.5. The molecule has 1 aromatic carbocycles. The number of hydrogen-bond donors (Lipinski definition) is 3. The van der Waals surface area contributed by atoms with Crippen LogP contribution < -0.4 is 16.0 Å². The van der Waals surface area contributed by atoms with E-state index in [-0.39, 0.29) is 29.9 Å². The van der Waals surface area contributed by atoms with Crippen molar-refractivity contribution in [2.45, 2.75) is 44.1 Å². The van der Waals surface area contributed by atoms with Gasteiger partial charge in [-0.05, 0) is 51.1 Å². The molecule has 3 N–H and O–H groups in total. The van der Waals surface area contributed by atoms with Gasteiger partial charge in [-0.2, -0.15) is 0 Å². The van der Waals surface area contributed by atoms with Gasteiger partial charge in [-0.3, -0.25) is 9.79 Å². The van der Waals surface area contributed by atoms with Crippen molar-refractivity contribution >= 4 is 41.5 Å². The van der Waals surface area contributed by atoms with Gasteiger partial charge in [0.15, 0.2) is 5.96 Å². The molecule has 2 aliphatic heterocycles. The summed E-state index contributed by atoms with van der Waals surface area (Å²) in [5, 5.41) is 9.74. The van der Waals surface area contributed by atoms with Crippen LogP contribution in [0.25, 0.3) is 0 Å². The number of rotatable bonds is 6. The SMILES string of the molecule is CN=C(NCc1cccc(NC(=O)CN(C)C)c1)NC1CC2CCC1O2.I. The maximum atomic E-state index is 11.9. The van der Waals surface area contributed by atoms with E-state index in [1.54, 1.807) is 7.05 Å². The van der Waals surface area contributed by atoms with Crippen LogP contribution in [0.1, 0.15) is 24.8 Å². The van der Waals surface area contributed by atoms with Crippen molar-refractivity contribution < 1.29 is 9.53 Å². The van der Waals surface area contributed by atoms with Gasteiger partial charge in [-0.1, -0.05) is 12.1 Å². The lowest BCUT2D eigenvalue weighted by Gasteiger charge is -2.22. The van der Waals surface area contributed by atoms with Crippen LogP contribution in [-0.4, -0.2) is 62.7 Å². The van der Waals surface area contributed by atoms with Crippen LogP contribution in [0.2, 0.25) is 0 Å². The number of likely N-dealkylation sites (N-methyl/N-ethyl adjacent to an activating group) is 1. The molecular formula is C19H30IN5O2. The standard InChI is InChI=1S/C19H29N5O2.HI/c1-20-19(23-16-10-15-7-8-17(16)26-15)21-11-13-5-4-6-14(9-13)22-18(25)12-24(2)3;/h4-6,9,15-17H,7-8,10-12H2,1-3H3,(H,22,25)(H2,20,21,23);1H. The van der Waals surface area contributed by atoms with Crippen LogP contribution >= 0.6 is 24.0 Å². The van der Waals surface area contributed by atoms with Crippen LogP contribution in [0, 0.1) is 0 Å². The zero-order valence-corrected chi connectivity index (χ0v) is 18.5. The molecule has 0 saturated carbocycles. The van der Waals surface area contributed by atoms with E-state index in [1.165, 1.54) is 6.42 Å². The second kappa shape index (κ2) is 10.2. The molecule has 1 amide bonds. The highest BCUT2D eigenvalue weighted by Crippen LogP contribution is 2.34. The normalized spacial score (nSPS) is 23.9. The number of carbonyl (C=O) groups excluding carboxylic acids is 1. The first-order valence-electron chi connectivity index (χ1n) is 9.19. The van der Waals surface area contributed by atoms with Gasteiger partial charge in [0.2, 0.25) is 5.91 Å². The van der Waals surface area contributed by atoms with Crippen LogP contribution in [0.5, 0.6) is 0 Å². The summed E-state index contributed by atoms with van der Waals surface area (Å²) in [6.45, 7) is 1.00. The quantitative estimate of drug-likeness (QED) is 0.324. The summed E-state index contributed by atoms with van der Waals surface area (Å²) in [6.07, 6.45) is 4.10. The van der Waals surface area contributed by atoms with E-state index in [0.717, 1.165) is 30.1 Å². The molecule has 7 nitrogen and oxygen atoms in total. The lowest BCUT2D eigenvalue weighted by Crippen LogP contribution is -2.47. The molecular weight excluding hydrogens is 457 g/mol. The Morgan fingerprint density at radius 3 is 2.78 bits per heavy atom. The van der Waals surface area contributed by atoms with E-state index in [2.05, 4.69) is 20.9 Å². The second-order valence-corrected chi connectivity index (χ2v) is 7.27. The highest BCUT2D eigenvalue weighted by molar-refractivity contribution is 14.0. The molecule has 2 saturated heterocycles. The average Bonchev–Trinajstić information content (AvgIpc) is 3.21. The number of benzene rings is 1.